The van der Waals surface area contributed by atoms with Crippen LogP contribution < -0.4 is 4.90 Å². The first kappa shape index (κ1) is 21.4. The lowest BCUT2D eigenvalue weighted by atomic mass is 10.0. The number of nitrogens with zero attached hydrogens (tertiary/aromatic N) is 4. The monoisotopic (exact) mass is 444 g/mol. The minimum absolute atomic E-state index is 0.0112. The molecule has 1 unspecified atom stereocenters. The largest absolute Gasteiger partial charge is 0.445 e. The van der Waals surface area contributed by atoms with Crippen LogP contribution in [0.5, 0.6) is 0 Å². The zero-order valence-corrected chi connectivity index (χ0v) is 19.1. The number of benzene rings is 1. The van der Waals surface area contributed by atoms with E-state index in [1.807, 2.05) is 49.2 Å². The molecule has 7 nitrogen and oxygen atoms in total. The highest BCUT2D eigenvalue weighted by atomic mass is 16.4. The summed E-state index contributed by atoms with van der Waals surface area (Å²) in [6.45, 7) is 5.51. The van der Waals surface area contributed by atoms with E-state index in [0.29, 0.717) is 38.4 Å². The van der Waals surface area contributed by atoms with Crippen LogP contribution in [0.1, 0.15) is 40.5 Å². The molecule has 1 atom stereocenters. The first-order chi connectivity index (χ1) is 16.0. The fraction of sp³-hybridized carbons (Fsp3) is 0.385. The number of hydrogen-bond donors (Lipinski definition) is 0. The number of aryl methyl sites for hydroxylation is 4. The fourth-order valence-electron chi connectivity index (χ4n) is 4.82. The standard InChI is InChI=1S/C26H28N4O3/c1-17-5-7-22(18(2)12-17)30-15-20(13-25(30)31)26(32)29-11-9-23-21(16-29)28-24(33-23)8-6-19-4-3-10-27-14-19/h3-5,7,10,12,14,20H,6,8-9,11,13,15-16H2,1-2H3. The predicted molar refractivity (Wildman–Crippen MR) is 124 cm³/mol. The molecule has 0 radical (unpaired) electrons. The van der Waals surface area contributed by atoms with Gasteiger partial charge in [0.1, 0.15) is 11.5 Å². The van der Waals surface area contributed by atoms with Gasteiger partial charge in [0.25, 0.3) is 0 Å². The van der Waals surface area contributed by atoms with Gasteiger partial charge in [-0.3, -0.25) is 14.6 Å². The van der Waals surface area contributed by atoms with E-state index in [1.54, 1.807) is 11.1 Å². The van der Waals surface area contributed by atoms with Gasteiger partial charge in [-0.05, 0) is 43.5 Å². The van der Waals surface area contributed by atoms with Crippen molar-refractivity contribution in [1.82, 2.24) is 14.9 Å². The van der Waals surface area contributed by atoms with Crippen LogP contribution in [0.4, 0.5) is 5.69 Å². The number of carbonyl (C=O) groups excluding carboxylic acids is 2. The smallest absolute Gasteiger partial charge is 0.228 e. The van der Waals surface area contributed by atoms with Crippen molar-refractivity contribution >= 4 is 17.5 Å². The van der Waals surface area contributed by atoms with Crippen molar-refractivity contribution in [1.29, 1.82) is 0 Å². The van der Waals surface area contributed by atoms with Gasteiger partial charge < -0.3 is 14.2 Å². The molecule has 3 aromatic rings. The van der Waals surface area contributed by atoms with E-state index in [2.05, 4.69) is 16.0 Å². The zero-order chi connectivity index (χ0) is 22.9. The van der Waals surface area contributed by atoms with Gasteiger partial charge in [0.15, 0.2) is 5.89 Å². The molecule has 7 heteroatoms. The van der Waals surface area contributed by atoms with Crippen LogP contribution in [-0.2, 0) is 35.4 Å². The fourth-order valence-corrected chi connectivity index (χ4v) is 4.82. The van der Waals surface area contributed by atoms with Crippen molar-refractivity contribution in [2.24, 2.45) is 5.92 Å². The third kappa shape index (κ3) is 4.40. The molecule has 0 aliphatic carbocycles. The van der Waals surface area contributed by atoms with Crippen LogP contribution >= 0.6 is 0 Å². The number of rotatable bonds is 5. The maximum absolute atomic E-state index is 13.3. The van der Waals surface area contributed by atoms with Gasteiger partial charge in [0.05, 0.1) is 12.5 Å². The van der Waals surface area contributed by atoms with Gasteiger partial charge in [-0.2, -0.15) is 0 Å². The highest BCUT2D eigenvalue weighted by Crippen LogP contribution is 2.30. The lowest BCUT2D eigenvalue weighted by Crippen LogP contribution is -2.40. The van der Waals surface area contributed by atoms with Crippen molar-refractivity contribution in [3.8, 4) is 0 Å². The Kier molecular flexibility index (Phi) is 5.70. The molecule has 1 fully saturated rings. The Morgan fingerprint density at radius 2 is 2.09 bits per heavy atom. The molecular formula is C26H28N4O3. The van der Waals surface area contributed by atoms with Gasteiger partial charge in [0.2, 0.25) is 11.8 Å². The Hall–Kier alpha value is -3.48. The van der Waals surface area contributed by atoms with Gasteiger partial charge >= 0.3 is 0 Å². The maximum Gasteiger partial charge on any atom is 0.228 e. The number of pyridine rings is 1. The highest BCUT2D eigenvalue weighted by Gasteiger charge is 2.39. The Balaban J connectivity index is 1.23. The van der Waals surface area contributed by atoms with Crippen molar-refractivity contribution < 1.29 is 14.0 Å². The second-order valence-electron chi connectivity index (χ2n) is 9.04. The van der Waals surface area contributed by atoms with E-state index in [-0.39, 0.29) is 24.2 Å². The normalized spacial score (nSPS) is 18.0. The zero-order valence-electron chi connectivity index (χ0n) is 19.1. The summed E-state index contributed by atoms with van der Waals surface area (Å²) in [6.07, 6.45) is 6.04. The molecule has 2 amide bonds. The van der Waals surface area contributed by atoms with E-state index in [9.17, 15) is 9.59 Å². The number of oxazole rings is 1. The SMILES string of the molecule is Cc1ccc(N2CC(C(=O)N3CCc4oc(CCc5cccnc5)nc4C3)CC2=O)c(C)c1. The van der Waals surface area contributed by atoms with Crippen LogP contribution in [0, 0.1) is 19.8 Å². The van der Waals surface area contributed by atoms with E-state index >= 15 is 0 Å². The Labute approximate surface area is 193 Å². The first-order valence-corrected chi connectivity index (χ1v) is 11.5. The Morgan fingerprint density at radius 3 is 2.88 bits per heavy atom. The molecule has 0 spiro atoms. The predicted octanol–water partition coefficient (Wildman–Crippen LogP) is 3.41. The van der Waals surface area contributed by atoms with Gasteiger partial charge in [-0.25, -0.2) is 4.98 Å². The molecule has 2 aliphatic rings. The number of fused-ring (bicyclic) bond motifs is 1. The Morgan fingerprint density at radius 1 is 1.21 bits per heavy atom. The molecule has 5 rings (SSSR count). The van der Waals surface area contributed by atoms with Crippen molar-refractivity contribution in [3.63, 3.8) is 0 Å². The molecule has 33 heavy (non-hydrogen) atoms. The third-order valence-corrected chi connectivity index (χ3v) is 6.55. The molecule has 0 bridgehead atoms. The maximum atomic E-state index is 13.3. The molecule has 0 saturated carbocycles. The summed E-state index contributed by atoms with van der Waals surface area (Å²) < 4.78 is 5.96. The highest BCUT2D eigenvalue weighted by molar-refractivity contribution is 6.00. The molecule has 1 aromatic carbocycles. The summed E-state index contributed by atoms with van der Waals surface area (Å²) in [5.74, 6) is 1.30. The van der Waals surface area contributed by atoms with Crippen LogP contribution in [0.2, 0.25) is 0 Å². The van der Waals surface area contributed by atoms with Gasteiger partial charge in [-0.1, -0.05) is 23.8 Å². The average Bonchev–Trinajstić information content (AvgIpc) is 3.40. The quantitative estimate of drug-likeness (QED) is 0.603. The van der Waals surface area contributed by atoms with Crippen molar-refractivity contribution in [2.75, 3.05) is 18.0 Å². The van der Waals surface area contributed by atoms with Gasteiger partial charge in [-0.15, -0.1) is 0 Å². The number of amides is 2. The number of carbonyl (C=O) groups is 2. The van der Waals surface area contributed by atoms with Crippen molar-refractivity contribution in [2.45, 2.75) is 46.1 Å². The minimum atomic E-state index is -0.322. The summed E-state index contributed by atoms with van der Waals surface area (Å²) in [4.78, 5) is 38.4. The van der Waals surface area contributed by atoms with Crippen LogP contribution in [0.15, 0.2) is 47.1 Å². The molecule has 2 aliphatic heterocycles. The summed E-state index contributed by atoms with van der Waals surface area (Å²) in [6, 6.07) is 10.0. The average molecular weight is 445 g/mol. The lowest BCUT2D eigenvalue weighted by molar-refractivity contribution is -0.136. The minimum Gasteiger partial charge on any atom is -0.445 e. The first-order valence-electron chi connectivity index (χ1n) is 11.5. The molecular weight excluding hydrogens is 416 g/mol. The molecule has 4 heterocycles. The number of hydrogen-bond acceptors (Lipinski definition) is 5. The van der Waals surface area contributed by atoms with Crippen LogP contribution in [0.3, 0.4) is 0 Å². The molecule has 170 valence electrons. The van der Waals surface area contributed by atoms with E-state index in [4.69, 9.17) is 4.42 Å². The molecule has 2 aromatic heterocycles. The topological polar surface area (TPSA) is 79.5 Å². The lowest BCUT2D eigenvalue weighted by Gasteiger charge is -2.28. The molecule has 0 N–H and O–H groups in total. The second kappa shape index (κ2) is 8.81. The van der Waals surface area contributed by atoms with E-state index in [1.165, 1.54) is 0 Å². The summed E-state index contributed by atoms with van der Waals surface area (Å²) >= 11 is 0. The summed E-state index contributed by atoms with van der Waals surface area (Å²) in [5.41, 5.74) is 5.10. The summed E-state index contributed by atoms with van der Waals surface area (Å²) in [5, 5.41) is 0. The number of anilines is 1. The molecule has 1 saturated heterocycles. The number of aromatic nitrogens is 2. The second-order valence-corrected chi connectivity index (χ2v) is 9.04. The Bertz CT molecular complexity index is 1190. The summed E-state index contributed by atoms with van der Waals surface area (Å²) in [7, 11) is 0. The van der Waals surface area contributed by atoms with E-state index in [0.717, 1.165) is 40.3 Å². The van der Waals surface area contributed by atoms with E-state index < -0.39 is 0 Å². The van der Waals surface area contributed by atoms with Crippen LogP contribution in [-0.4, -0.2) is 39.8 Å². The van der Waals surface area contributed by atoms with Crippen LogP contribution in [0.25, 0.3) is 0 Å². The third-order valence-electron chi connectivity index (χ3n) is 6.55. The van der Waals surface area contributed by atoms with Crippen molar-refractivity contribution in [3.05, 3.63) is 76.8 Å². The van der Waals surface area contributed by atoms with Gasteiger partial charge in [0, 0.05) is 50.4 Å².